The summed E-state index contributed by atoms with van der Waals surface area (Å²) < 4.78 is 14.2. The fraction of sp³-hybridized carbons (Fsp3) is 0.364. The lowest BCUT2D eigenvalue weighted by Gasteiger charge is -2.50. The lowest BCUT2D eigenvalue weighted by atomic mass is 9.73. The lowest BCUT2D eigenvalue weighted by molar-refractivity contribution is -0.149. The highest BCUT2D eigenvalue weighted by molar-refractivity contribution is 6.33. The summed E-state index contributed by atoms with van der Waals surface area (Å²) >= 11 is 6.05. The first-order valence-electron chi connectivity index (χ1n) is 9.57. The number of carbonyl (C=O) groups is 2. The van der Waals surface area contributed by atoms with Crippen molar-refractivity contribution in [2.45, 2.75) is 19.3 Å². The molecule has 0 saturated carbocycles. The summed E-state index contributed by atoms with van der Waals surface area (Å²) in [6.07, 6.45) is 2.60. The summed E-state index contributed by atoms with van der Waals surface area (Å²) in [5.41, 5.74) is 0.288. The topological polar surface area (TPSA) is 40.6 Å². The second-order valence-electron chi connectivity index (χ2n) is 7.70. The molecule has 2 aromatic carbocycles. The average Bonchev–Trinajstić information content (AvgIpc) is 3.19. The van der Waals surface area contributed by atoms with E-state index in [1.807, 2.05) is 35.2 Å². The number of carbonyl (C=O) groups excluding carboxylic acids is 2. The molecule has 2 saturated heterocycles. The molecule has 0 aromatic heterocycles. The number of amides is 2. The number of rotatable bonds is 4. The van der Waals surface area contributed by atoms with Gasteiger partial charge in [0.2, 0.25) is 5.91 Å². The average molecular weight is 401 g/mol. The van der Waals surface area contributed by atoms with Gasteiger partial charge in [-0.25, -0.2) is 4.39 Å². The van der Waals surface area contributed by atoms with Crippen LogP contribution in [0.4, 0.5) is 4.39 Å². The van der Waals surface area contributed by atoms with Crippen molar-refractivity contribution in [2.75, 3.05) is 26.2 Å². The number of halogens is 2. The number of likely N-dealkylation sites (tertiary alicyclic amines) is 2. The van der Waals surface area contributed by atoms with E-state index >= 15 is 0 Å². The molecule has 0 aliphatic carbocycles. The van der Waals surface area contributed by atoms with Crippen LogP contribution < -0.4 is 0 Å². The lowest BCUT2D eigenvalue weighted by Crippen LogP contribution is -2.65. The Morgan fingerprint density at radius 3 is 2.29 bits per heavy atom. The van der Waals surface area contributed by atoms with Crippen LogP contribution in [0.1, 0.15) is 28.8 Å². The van der Waals surface area contributed by atoms with Crippen molar-refractivity contribution in [1.29, 1.82) is 0 Å². The van der Waals surface area contributed by atoms with Crippen molar-refractivity contribution in [2.24, 2.45) is 5.41 Å². The zero-order valence-corrected chi connectivity index (χ0v) is 16.3. The fourth-order valence-corrected chi connectivity index (χ4v) is 4.50. The van der Waals surface area contributed by atoms with Crippen LogP contribution in [0.5, 0.6) is 0 Å². The van der Waals surface area contributed by atoms with E-state index in [2.05, 4.69) is 0 Å². The predicted molar refractivity (Wildman–Crippen MR) is 106 cm³/mol. The molecule has 6 heteroatoms. The van der Waals surface area contributed by atoms with Crippen LogP contribution in [0.2, 0.25) is 5.02 Å². The monoisotopic (exact) mass is 400 g/mol. The van der Waals surface area contributed by atoms with E-state index in [0.29, 0.717) is 6.42 Å². The minimum atomic E-state index is -0.654. The number of benzene rings is 2. The molecule has 2 aliphatic heterocycles. The van der Waals surface area contributed by atoms with Gasteiger partial charge in [-0.1, -0.05) is 48.0 Å². The minimum absolute atomic E-state index is 0.0939. The van der Waals surface area contributed by atoms with Gasteiger partial charge in [0, 0.05) is 26.2 Å². The standard InChI is InChI=1S/C22H22ClFN2O2/c23-17-9-6-10-18(24)19(17)20(27)26-14-22(15-26,13-16-7-2-1-3-8-16)21(28)25-11-4-5-12-25/h1-3,6-10H,4-5,11-15H2. The first-order valence-corrected chi connectivity index (χ1v) is 9.95. The quantitative estimate of drug-likeness (QED) is 0.783. The van der Waals surface area contributed by atoms with Crippen molar-refractivity contribution in [3.05, 3.63) is 70.5 Å². The van der Waals surface area contributed by atoms with Crippen molar-refractivity contribution < 1.29 is 14.0 Å². The molecule has 2 fully saturated rings. The Kier molecular flexibility index (Phi) is 5.11. The van der Waals surface area contributed by atoms with Gasteiger partial charge >= 0.3 is 0 Å². The largest absolute Gasteiger partial charge is 0.342 e. The van der Waals surface area contributed by atoms with Gasteiger partial charge in [-0.3, -0.25) is 9.59 Å². The number of hydrogen-bond acceptors (Lipinski definition) is 2. The summed E-state index contributed by atoms with van der Waals surface area (Å²) in [6, 6.07) is 14.0. The van der Waals surface area contributed by atoms with E-state index in [1.54, 1.807) is 0 Å². The van der Waals surface area contributed by atoms with E-state index in [4.69, 9.17) is 11.6 Å². The molecular formula is C22H22ClFN2O2. The van der Waals surface area contributed by atoms with Crippen LogP contribution >= 0.6 is 11.6 Å². The molecule has 4 rings (SSSR count). The summed E-state index contributed by atoms with van der Waals surface area (Å²) in [5.74, 6) is -0.998. The van der Waals surface area contributed by atoms with Crippen molar-refractivity contribution >= 4 is 23.4 Å². The SMILES string of the molecule is O=C(c1c(F)cccc1Cl)N1CC(Cc2ccccc2)(C(=O)N2CCCC2)C1. The van der Waals surface area contributed by atoms with E-state index in [1.165, 1.54) is 23.1 Å². The van der Waals surface area contributed by atoms with Gasteiger partial charge in [0.25, 0.3) is 5.91 Å². The third-order valence-electron chi connectivity index (χ3n) is 5.68. The maximum Gasteiger partial charge on any atom is 0.258 e. The van der Waals surface area contributed by atoms with Crippen LogP contribution in [-0.4, -0.2) is 47.8 Å². The van der Waals surface area contributed by atoms with Gasteiger partial charge < -0.3 is 9.80 Å². The molecule has 146 valence electrons. The Balaban J connectivity index is 1.57. The molecule has 28 heavy (non-hydrogen) atoms. The van der Waals surface area contributed by atoms with Crippen LogP contribution in [0.25, 0.3) is 0 Å². The highest BCUT2D eigenvalue weighted by atomic mass is 35.5. The van der Waals surface area contributed by atoms with E-state index < -0.39 is 17.1 Å². The zero-order valence-electron chi connectivity index (χ0n) is 15.5. The fourth-order valence-electron chi connectivity index (χ4n) is 4.25. The van der Waals surface area contributed by atoms with Crippen LogP contribution in [-0.2, 0) is 11.2 Å². The molecule has 2 aliphatic rings. The van der Waals surface area contributed by atoms with Crippen molar-refractivity contribution in [3.8, 4) is 0 Å². The number of hydrogen-bond donors (Lipinski definition) is 0. The van der Waals surface area contributed by atoms with Gasteiger partial charge in [0.05, 0.1) is 16.0 Å². The highest BCUT2D eigenvalue weighted by Crippen LogP contribution is 2.39. The Morgan fingerprint density at radius 2 is 1.64 bits per heavy atom. The molecule has 2 aromatic rings. The highest BCUT2D eigenvalue weighted by Gasteiger charge is 2.53. The summed E-state index contributed by atoms with van der Waals surface area (Å²) in [4.78, 5) is 29.5. The first-order chi connectivity index (χ1) is 13.5. The maximum absolute atomic E-state index is 14.2. The van der Waals surface area contributed by atoms with Gasteiger partial charge in [-0.05, 0) is 37.0 Å². The van der Waals surface area contributed by atoms with Gasteiger partial charge in [-0.15, -0.1) is 0 Å². The Labute approximate surface area is 168 Å². The number of nitrogens with zero attached hydrogens (tertiary/aromatic N) is 2. The molecule has 0 bridgehead atoms. The second-order valence-corrected chi connectivity index (χ2v) is 8.11. The van der Waals surface area contributed by atoms with Crippen molar-refractivity contribution in [3.63, 3.8) is 0 Å². The van der Waals surface area contributed by atoms with Crippen molar-refractivity contribution in [1.82, 2.24) is 9.80 Å². The van der Waals surface area contributed by atoms with Gasteiger partial charge in [0.1, 0.15) is 5.82 Å². The van der Waals surface area contributed by atoms with Crippen LogP contribution in [0.15, 0.2) is 48.5 Å². The molecule has 0 spiro atoms. The Hall–Kier alpha value is -2.40. The third kappa shape index (κ3) is 3.39. The summed E-state index contributed by atoms with van der Waals surface area (Å²) in [7, 11) is 0. The van der Waals surface area contributed by atoms with Crippen LogP contribution in [0.3, 0.4) is 0 Å². The maximum atomic E-state index is 14.2. The normalized spacial score (nSPS) is 18.1. The van der Waals surface area contributed by atoms with Crippen LogP contribution in [0, 0.1) is 11.2 Å². The molecule has 2 heterocycles. The molecule has 0 unspecified atom stereocenters. The second kappa shape index (κ2) is 7.55. The summed E-state index contributed by atoms with van der Waals surface area (Å²) in [6.45, 7) is 2.09. The van der Waals surface area contributed by atoms with Gasteiger partial charge in [0.15, 0.2) is 0 Å². The zero-order chi connectivity index (χ0) is 19.7. The summed E-state index contributed by atoms with van der Waals surface area (Å²) in [5, 5.41) is 0.0939. The van der Waals surface area contributed by atoms with Gasteiger partial charge in [-0.2, -0.15) is 0 Å². The smallest absolute Gasteiger partial charge is 0.258 e. The molecule has 2 amide bonds. The van der Waals surface area contributed by atoms with E-state index in [9.17, 15) is 14.0 Å². The van der Waals surface area contributed by atoms with E-state index in [0.717, 1.165) is 31.5 Å². The molecule has 0 radical (unpaired) electrons. The molecule has 0 N–H and O–H groups in total. The molecule has 4 nitrogen and oxygen atoms in total. The molecule has 0 atom stereocenters. The van der Waals surface area contributed by atoms with E-state index in [-0.39, 0.29) is 29.6 Å². The Bertz CT molecular complexity index is 870. The first kappa shape index (κ1) is 18.9. The third-order valence-corrected chi connectivity index (χ3v) is 6.00. The minimum Gasteiger partial charge on any atom is -0.342 e. The predicted octanol–water partition coefficient (Wildman–Crippen LogP) is 3.79. The Morgan fingerprint density at radius 1 is 0.964 bits per heavy atom. The molecular weight excluding hydrogens is 379 g/mol.